The van der Waals surface area contributed by atoms with E-state index in [1.54, 1.807) is 17.1 Å². The lowest BCUT2D eigenvalue weighted by Crippen LogP contribution is -2.01. The molecule has 0 saturated heterocycles. The van der Waals surface area contributed by atoms with Gasteiger partial charge in [0.15, 0.2) is 5.82 Å². The quantitative estimate of drug-likeness (QED) is 0.769. The zero-order valence-electron chi connectivity index (χ0n) is 9.55. The molecule has 0 fully saturated rings. The van der Waals surface area contributed by atoms with Crippen molar-refractivity contribution in [2.24, 2.45) is 0 Å². The van der Waals surface area contributed by atoms with Crippen LogP contribution in [0.5, 0.6) is 0 Å². The van der Waals surface area contributed by atoms with Crippen molar-refractivity contribution in [3.8, 4) is 0 Å². The molecule has 3 rings (SSSR count). The van der Waals surface area contributed by atoms with Crippen LogP contribution in [0.2, 0.25) is 5.02 Å². The molecule has 0 aliphatic carbocycles. The van der Waals surface area contributed by atoms with E-state index in [1.807, 2.05) is 24.3 Å². The van der Waals surface area contributed by atoms with E-state index in [-0.39, 0.29) is 0 Å². The number of nitrogens with zero attached hydrogens (tertiary/aromatic N) is 3. The number of rotatable bonds is 2. The molecule has 90 valence electrons. The predicted octanol–water partition coefficient (Wildman–Crippen LogP) is 2.72. The average Bonchev–Trinajstić information content (AvgIpc) is 2.68. The molecular weight excluding hydrogens is 248 g/mol. The zero-order chi connectivity index (χ0) is 12.5. The van der Waals surface area contributed by atoms with E-state index >= 15 is 0 Å². The maximum absolute atomic E-state index is 5.87. The molecule has 0 amide bonds. The maximum atomic E-state index is 5.87. The number of hydrogen-bond acceptors (Lipinski definition) is 3. The minimum atomic E-state index is 0.360. The third-order valence-electron chi connectivity index (χ3n) is 2.76. The van der Waals surface area contributed by atoms with Gasteiger partial charge in [0.05, 0.1) is 12.1 Å². The number of benzene rings is 1. The molecule has 2 N–H and O–H groups in total. The third kappa shape index (κ3) is 2.02. The highest BCUT2D eigenvalue weighted by atomic mass is 35.5. The number of fused-ring (bicyclic) bond motifs is 1. The van der Waals surface area contributed by atoms with Crippen LogP contribution < -0.4 is 5.73 Å². The fourth-order valence-electron chi connectivity index (χ4n) is 1.90. The normalized spacial score (nSPS) is 10.9. The van der Waals surface area contributed by atoms with E-state index < -0.39 is 0 Å². The first-order valence-electron chi connectivity index (χ1n) is 5.54. The van der Waals surface area contributed by atoms with Crippen LogP contribution in [0, 0.1) is 0 Å². The number of nitrogen functional groups attached to an aromatic ring is 1. The Bertz CT molecular complexity index is 686. The van der Waals surface area contributed by atoms with Gasteiger partial charge in [0.1, 0.15) is 5.02 Å². The summed E-state index contributed by atoms with van der Waals surface area (Å²) in [6.07, 6.45) is 3.51. The first-order valence-corrected chi connectivity index (χ1v) is 5.92. The number of halogens is 1. The van der Waals surface area contributed by atoms with Crippen molar-refractivity contribution in [1.82, 2.24) is 14.8 Å². The second-order valence-corrected chi connectivity index (χ2v) is 4.50. The van der Waals surface area contributed by atoms with Crippen LogP contribution in [-0.4, -0.2) is 14.8 Å². The molecule has 0 radical (unpaired) electrons. The summed E-state index contributed by atoms with van der Waals surface area (Å²) >= 11 is 5.87. The molecule has 18 heavy (non-hydrogen) atoms. The molecule has 2 heterocycles. The molecule has 0 aliphatic heterocycles. The van der Waals surface area contributed by atoms with Gasteiger partial charge in [0, 0.05) is 17.8 Å². The molecule has 5 heteroatoms. The van der Waals surface area contributed by atoms with Crippen LogP contribution in [-0.2, 0) is 6.54 Å². The molecule has 0 atom stereocenters. The van der Waals surface area contributed by atoms with E-state index in [9.17, 15) is 0 Å². The van der Waals surface area contributed by atoms with Gasteiger partial charge in [-0.05, 0) is 23.8 Å². The molecule has 0 saturated carbocycles. The lowest BCUT2D eigenvalue weighted by atomic mass is 10.1. The first-order chi connectivity index (χ1) is 8.72. The van der Waals surface area contributed by atoms with Crippen LogP contribution in [0.1, 0.15) is 5.56 Å². The fraction of sp³-hybridized carbons (Fsp3) is 0.0769. The monoisotopic (exact) mass is 258 g/mol. The van der Waals surface area contributed by atoms with Crippen LogP contribution in [0.4, 0.5) is 5.82 Å². The van der Waals surface area contributed by atoms with E-state index in [4.69, 9.17) is 17.3 Å². The van der Waals surface area contributed by atoms with Gasteiger partial charge in [-0.3, -0.25) is 9.67 Å². The Hall–Kier alpha value is -2.07. The number of anilines is 1. The van der Waals surface area contributed by atoms with Gasteiger partial charge in [-0.25, -0.2) is 0 Å². The highest BCUT2D eigenvalue weighted by Crippen LogP contribution is 2.18. The van der Waals surface area contributed by atoms with Crippen molar-refractivity contribution in [1.29, 1.82) is 0 Å². The minimum Gasteiger partial charge on any atom is -0.381 e. The highest BCUT2D eigenvalue weighted by molar-refractivity contribution is 6.32. The predicted molar refractivity (Wildman–Crippen MR) is 72.5 cm³/mol. The molecular formula is C13H11ClN4. The minimum absolute atomic E-state index is 0.360. The Morgan fingerprint density at radius 3 is 2.94 bits per heavy atom. The van der Waals surface area contributed by atoms with Gasteiger partial charge >= 0.3 is 0 Å². The summed E-state index contributed by atoms with van der Waals surface area (Å²) < 4.78 is 1.73. The van der Waals surface area contributed by atoms with Crippen molar-refractivity contribution in [2.45, 2.75) is 6.54 Å². The van der Waals surface area contributed by atoms with Crippen molar-refractivity contribution in [2.75, 3.05) is 5.73 Å². The lowest BCUT2D eigenvalue weighted by Gasteiger charge is -2.03. The van der Waals surface area contributed by atoms with Crippen molar-refractivity contribution < 1.29 is 0 Å². The van der Waals surface area contributed by atoms with Crippen LogP contribution in [0.3, 0.4) is 0 Å². The highest BCUT2D eigenvalue weighted by Gasteiger charge is 2.04. The Balaban J connectivity index is 1.95. The van der Waals surface area contributed by atoms with Crippen LogP contribution in [0.15, 0.2) is 42.7 Å². The second kappa shape index (κ2) is 4.31. The molecule has 1 aromatic carbocycles. The largest absolute Gasteiger partial charge is 0.381 e. The number of pyridine rings is 1. The van der Waals surface area contributed by atoms with Crippen LogP contribution >= 0.6 is 11.6 Å². The van der Waals surface area contributed by atoms with Gasteiger partial charge in [0.25, 0.3) is 0 Å². The second-order valence-electron chi connectivity index (χ2n) is 4.09. The van der Waals surface area contributed by atoms with Crippen molar-refractivity contribution in [3.05, 3.63) is 53.3 Å². The fourth-order valence-corrected chi connectivity index (χ4v) is 2.05. The van der Waals surface area contributed by atoms with Crippen molar-refractivity contribution >= 4 is 28.3 Å². The zero-order valence-corrected chi connectivity index (χ0v) is 10.3. The first kappa shape index (κ1) is 11.0. The number of aromatic nitrogens is 3. The van der Waals surface area contributed by atoms with Gasteiger partial charge in [-0.2, -0.15) is 5.10 Å². The van der Waals surface area contributed by atoms with Gasteiger partial charge in [-0.1, -0.05) is 23.7 Å². The number of nitrogens with two attached hydrogens (primary N) is 1. The molecule has 2 aromatic heterocycles. The van der Waals surface area contributed by atoms with Gasteiger partial charge in [-0.15, -0.1) is 0 Å². The van der Waals surface area contributed by atoms with E-state index in [0.29, 0.717) is 17.4 Å². The summed E-state index contributed by atoms with van der Waals surface area (Å²) in [7, 11) is 0. The molecule has 4 nitrogen and oxygen atoms in total. The summed E-state index contributed by atoms with van der Waals surface area (Å²) in [6.45, 7) is 0.641. The Labute approximate surface area is 109 Å². The Morgan fingerprint density at radius 1 is 1.28 bits per heavy atom. The smallest absolute Gasteiger partial charge is 0.164 e. The molecule has 0 unspecified atom stereocenters. The van der Waals surface area contributed by atoms with E-state index in [0.717, 1.165) is 16.5 Å². The molecule has 0 aliphatic rings. The summed E-state index contributed by atoms with van der Waals surface area (Å²) in [5.41, 5.74) is 7.73. The topological polar surface area (TPSA) is 56.7 Å². The Kier molecular flexibility index (Phi) is 2.64. The standard InChI is InChI=1S/C13H11ClN4/c14-11-8-18(17-13(11)15)7-9-3-4-12-10(6-9)2-1-5-16-12/h1-6,8H,7H2,(H2,15,17). The Morgan fingerprint density at radius 2 is 2.17 bits per heavy atom. The van der Waals surface area contributed by atoms with E-state index in [1.165, 1.54) is 0 Å². The molecule has 3 aromatic rings. The summed E-state index contributed by atoms with van der Waals surface area (Å²) in [5, 5.41) is 5.73. The molecule has 0 bridgehead atoms. The van der Waals surface area contributed by atoms with Crippen LogP contribution in [0.25, 0.3) is 10.9 Å². The average molecular weight is 259 g/mol. The molecule has 0 spiro atoms. The van der Waals surface area contributed by atoms with Gasteiger partial charge in [0.2, 0.25) is 0 Å². The SMILES string of the molecule is Nc1nn(Cc2ccc3ncccc3c2)cc1Cl. The maximum Gasteiger partial charge on any atom is 0.164 e. The third-order valence-corrected chi connectivity index (χ3v) is 3.05. The summed E-state index contributed by atoms with van der Waals surface area (Å²) in [4.78, 5) is 4.28. The van der Waals surface area contributed by atoms with E-state index in [2.05, 4.69) is 16.1 Å². The number of hydrogen-bond donors (Lipinski definition) is 1. The summed E-state index contributed by atoms with van der Waals surface area (Å²) in [5.74, 6) is 0.360. The van der Waals surface area contributed by atoms with Gasteiger partial charge < -0.3 is 5.73 Å². The van der Waals surface area contributed by atoms with Crippen molar-refractivity contribution in [3.63, 3.8) is 0 Å². The lowest BCUT2D eigenvalue weighted by molar-refractivity contribution is 0.691. The summed E-state index contributed by atoms with van der Waals surface area (Å²) in [6, 6.07) is 10.1.